The fraction of sp³-hybridized carbons (Fsp3) is 0.533. The van der Waals surface area contributed by atoms with Gasteiger partial charge in [-0.1, -0.05) is 0 Å². The number of aromatic carboxylic acids is 1. The average Bonchev–Trinajstić information content (AvgIpc) is 2.41. The Morgan fingerprint density at radius 3 is 2.70 bits per heavy atom. The Morgan fingerprint density at radius 2 is 2.10 bits per heavy atom. The maximum Gasteiger partial charge on any atom is 0.335 e. The molecule has 1 fully saturated rings. The van der Waals surface area contributed by atoms with Gasteiger partial charge in [0.05, 0.1) is 16.9 Å². The van der Waals surface area contributed by atoms with Gasteiger partial charge in [-0.2, -0.15) is 0 Å². The maximum absolute atomic E-state index is 11.0. The molecule has 1 aromatic rings. The molecule has 0 unspecified atom stereocenters. The van der Waals surface area contributed by atoms with Crippen molar-refractivity contribution in [1.29, 1.82) is 0 Å². The molecule has 1 aromatic carbocycles. The first kappa shape index (κ1) is 14.7. The van der Waals surface area contributed by atoms with Crippen LogP contribution in [0.5, 0.6) is 0 Å². The summed E-state index contributed by atoms with van der Waals surface area (Å²) in [4.78, 5) is 15.5. The molecule has 1 aliphatic heterocycles. The summed E-state index contributed by atoms with van der Waals surface area (Å²) < 4.78 is 0. The lowest BCUT2D eigenvalue weighted by molar-refractivity contribution is 0.0697. The van der Waals surface area contributed by atoms with Crippen LogP contribution in [0.15, 0.2) is 18.2 Å². The number of carboxylic acid groups (broad SMARTS) is 1. The average molecular weight is 277 g/mol. The highest BCUT2D eigenvalue weighted by Gasteiger charge is 2.19. The number of rotatable bonds is 4. The Labute approximate surface area is 120 Å². The summed E-state index contributed by atoms with van der Waals surface area (Å²) in [6, 6.07) is 4.88. The molecule has 3 N–H and O–H groups in total. The predicted octanol–water partition coefficient (Wildman–Crippen LogP) is 1.74. The van der Waals surface area contributed by atoms with Crippen LogP contribution in [-0.4, -0.2) is 49.7 Å². The van der Waals surface area contributed by atoms with Gasteiger partial charge in [-0.25, -0.2) is 4.79 Å². The lowest BCUT2D eigenvalue weighted by atomic mass is 9.96. The van der Waals surface area contributed by atoms with Gasteiger partial charge in [0.2, 0.25) is 0 Å². The second kappa shape index (κ2) is 6.13. The molecule has 0 aromatic heterocycles. The van der Waals surface area contributed by atoms with Gasteiger partial charge in [-0.3, -0.25) is 0 Å². The van der Waals surface area contributed by atoms with Gasteiger partial charge in [-0.15, -0.1) is 0 Å². The third-order valence-electron chi connectivity index (χ3n) is 4.06. The zero-order chi connectivity index (χ0) is 14.7. The Morgan fingerprint density at radius 1 is 1.45 bits per heavy atom. The maximum atomic E-state index is 11.0. The van der Waals surface area contributed by atoms with Gasteiger partial charge in [0.15, 0.2) is 0 Å². The number of nitrogens with two attached hydrogens (primary N) is 1. The van der Waals surface area contributed by atoms with E-state index in [4.69, 9.17) is 10.8 Å². The van der Waals surface area contributed by atoms with Crippen LogP contribution >= 0.6 is 0 Å². The van der Waals surface area contributed by atoms with Crippen LogP contribution in [-0.2, 0) is 0 Å². The second-order valence-electron chi connectivity index (χ2n) is 5.71. The number of carboxylic acids is 1. The normalized spacial score (nSPS) is 17.1. The van der Waals surface area contributed by atoms with E-state index < -0.39 is 5.97 Å². The summed E-state index contributed by atoms with van der Waals surface area (Å²) in [5.74, 6) is -0.275. The molecule has 0 spiro atoms. The van der Waals surface area contributed by atoms with E-state index in [0.717, 1.165) is 25.3 Å². The minimum atomic E-state index is -0.918. The number of anilines is 2. The molecule has 1 saturated heterocycles. The molecule has 2 rings (SSSR count). The number of benzene rings is 1. The number of hydrogen-bond donors (Lipinski definition) is 2. The Balaban J connectivity index is 2.06. The largest absolute Gasteiger partial charge is 0.478 e. The number of likely N-dealkylation sites (tertiary alicyclic amines) is 1. The standard InChI is InChI=1S/C15H23N3O2/c1-17-7-5-11(6-8-17)10-18(2)14-9-12(15(19)20)3-4-13(14)16/h3-4,9,11H,5-8,10,16H2,1-2H3,(H,19,20). The van der Waals surface area contributed by atoms with Crippen LogP contribution in [0.2, 0.25) is 0 Å². The zero-order valence-corrected chi connectivity index (χ0v) is 12.2. The molecule has 0 bridgehead atoms. The fourth-order valence-corrected chi connectivity index (χ4v) is 2.74. The molecule has 0 atom stereocenters. The van der Waals surface area contributed by atoms with Gasteiger partial charge < -0.3 is 20.6 Å². The van der Waals surface area contributed by atoms with Crippen LogP contribution in [0.1, 0.15) is 23.2 Å². The molecule has 5 nitrogen and oxygen atoms in total. The van der Waals surface area contributed by atoms with E-state index in [0.29, 0.717) is 11.6 Å². The quantitative estimate of drug-likeness (QED) is 0.820. The molecule has 110 valence electrons. The van der Waals surface area contributed by atoms with Gasteiger partial charge in [-0.05, 0) is 57.1 Å². The zero-order valence-electron chi connectivity index (χ0n) is 12.2. The fourth-order valence-electron chi connectivity index (χ4n) is 2.74. The van der Waals surface area contributed by atoms with E-state index in [9.17, 15) is 4.79 Å². The summed E-state index contributed by atoms with van der Waals surface area (Å²) in [5, 5.41) is 9.07. The second-order valence-corrected chi connectivity index (χ2v) is 5.71. The van der Waals surface area contributed by atoms with E-state index in [2.05, 4.69) is 16.8 Å². The van der Waals surface area contributed by atoms with Crippen molar-refractivity contribution in [2.75, 3.05) is 44.4 Å². The molecule has 0 amide bonds. The Hall–Kier alpha value is -1.75. The van der Waals surface area contributed by atoms with Crippen LogP contribution in [0.4, 0.5) is 11.4 Å². The SMILES string of the molecule is CN1CCC(CN(C)c2cc(C(=O)O)ccc2N)CC1. The molecule has 0 radical (unpaired) electrons. The molecule has 5 heteroatoms. The summed E-state index contributed by atoms with van der Waals surface area (Å²) in [6.45, 7) is 3.17. The van der Waals surface area contributed by atoms with Crippen molar-refractivity contribution in [2.24, 2.45) is 5.92 Å². The van der Waals surface area contributed by atoms with E-state index in [1.807, 2.05) is 7.05 Å². The number of carbonyl (C=O) groups is 1. The highest BCUT2D eigenvalue weighted by atomic mass is 16.4. The van der Waals surface area contributed by atoms with Crippen molar-refractivity contribution in [3.8, 4) is 0 Å². The molecule has 1 heterocycles. The molecular formula is C15H23N3O2. The third kappa shape index (κ3) is 3.42. The van der Waals surface area contributed by atoms with Crippen LogP contribution in [0.3, 0.4) is 0 Å². The molecule has 0 aliphatic carbocycles. The minimum absolute atomic E-state index is 0.282. The first-order chi connectivity index (χ1) is 9.47. The summed E-state index contributed by atoms with van der Waals surface area (Å²) >= 11 is 0. The smallest absolute Gasteiger partial charge is 0.335 e. The summed E-state index contributed by atoms with van der Waals surface area (Å²) in [7, 11) is 4.13. The van der Waals surface area contributed by atoms with Crippen LogP contribution in [0, 0.1) is 5.92 Å². The minimum Gasteiger partial charge on any atom is -0.478 e. The van der Waals surface area contributed by atoms with Gasteiger partial charge in [0.25, 0.3) is 0 Å². The molecule has 20 heavy (non-hydrogen) atoms. The van der Waals surface area contributed by atoms with Crippen molar-refractivity contribution < 1.29 is 9.90 Å². The van der Waals surface area contributed by atoms with Crippen molar-refractivity contribution in [3.63, 3.8) is 0 Å². The molecule has 1 aliphatic rings. The van der Waals surface area contributed by atoms with Crippen molar-refractivity contribution in [3.05, 3.63) is 23.8 Å². The number of nitrogens with zero attached hydrogens (tertiary/aromatic N) is 2. The lowest BCUT2D eigenvalue weighted by Crippen LogP contribution is -2.36. The molecular weight excluding hydrogens is 254 g/mol. The van der Waals surface area contributed by atoms with Gasteiger partial charge in [0, 0.05) is 13.6 Å². The van der Waals surface area contributed by atoms with E-state index in [-0.39, 0.29) is 5.56 Å². The van der Waals surface area contributed by atoms with Crippen molar-refractivity contribution in [1.82, 2.24) is 4.90 Å². The molecule has 0 saturated carbocycles. The first-order valence-electron chi connectivity index (χ1n) is 7.00. The third-order valence-corrected chi connectivity index (χ3v) is 4.06. The van der Waals surface area contributed by atoms with Crippen molar-refractivity contribution in [2.45, 2.75) is 12.8 Å². The van der Waals surface area contributed by atoms with Crippen LogP contribution < -0.4 is 10.6 Å². The van der Waals surface area contributed by atoms with E-state index in [1.54, 1.807) is 18.2 Å². The van der Waals surface area contributed by atoms with Crippen LogP contribution in [0.25, 0.3) is 0 Å². The first-order valence-corrected chi connectivity index (χ1v) is 7.00. The van der Waals surface area contributed by atoms with Crippen molar-refractivity contribution >= 4 is 17.3 Å². The van der Waals surface area contributed by atoms with E-state index in [1.165, 1.54) is 12.8 Å². The summed E-state index contributed by atoms with van der Waals surface area (Å²) in [6.07, 6.45) is 2.36. The highest BCUT2D eigenvalue weighted by molar-refractivity contribution is 5.90. The number of hydrogen-bond acceptors (Lipinski definition) is 4. The van der Waals surface area contributed by atoms with Gasteiger partial charge in [0.1, 0.15) is 0 Å². The Kier molecular flexibility index (Phi) is 4.49. The Bertz CT molecular complexity index is 482. The van der Waals surface area contributed by atoms with Gasteiger partial charge >= 0.3 is 5.97 Å². The van der Waals surface area contributed by atoms with E-state index >= 15 is 0 Å². The number of piperidine rings is 1. The lowest BCUT2D eigenvalue weighted by Gasteiger charge is -2.32. The monoisotopic (exact) mass is 277 g/mol. The highest BCUT2D eigenvalue weighted by Crippen LogP contribution is 2.26. The number of nitrogen functional groups attached to an aromatic ring is 1. The summed E-state index contributed by atoms with van der Waals surface area (Å²) in [5.41, 5.74) is 7.70. The topological polar surface area (TPSA) is 69.8 Å². The predicted molar refractivity (Wildman–Crippen MR) is 81.3 cm³/mol.